The Bertz CT molecular complexity index is 496. The first-order valence-corrected chi connectivity index (χ1v) is 8.05. The van der Waals surface area contributed by atoms with E-state index in [1.54, 1.807) is 0 Å². The van der Waals surface area contributed by atoms with Crippen molar-refractivity contribution in [1.82, 2.24) is 9.71 Å². The second-order valence-corrected chi connectivity index (χ2v) is 7.02. The van der Waals surface area contributed by atoms with Crippen LogP contribution in [-0.2, 0) is 10.0 Å². The van der Waals surface area contributed by atoms with E-state index in [-0.39, 0.29) is 11.4 Å². The predicted molar refractivity (Wildman–Crippen MR) is 68.4 cm³/mol. The number of pyridine rings is 1. The fourth-order valence-corrected chi connectivity index (χ4v) is 3.96. The van der Waals surface area contributed by atoms with Gasteiger partial charge >= 0.3 is 117 Å². The number of aliphatic hydroxyl groups is 2. The number of hydrogen-bond acceptors (Lipinski definition) is 5. The topological polar surface area (TPSA) is 99.5 Å². The summed E-state index contributed by atoms with van der Waals surface area (Å²) in [5.41, 5.74) is 0. The molecule has 1 aromatic rings. The Hall–Kier alpha value is 0.0184. The Labute approximate surface area is 116 Å². The van der Waals surface area contributed by atoms with Gasteiger partial charge in [0, 0.05) is 0 Å². The number of nitrogens with one attached hydrogen (secondary N) is 1. The summed E-state index contributed by atoms with van der Waals surface area (Å²) in [6.45, 7) is -0.736. The summed E-state index contributed by atoms with van der Waals surface area (Å²) in [7, 11) is -3.72. The standard InChI is InChI=1S/C8H12AsBrN2O4S/c9-8-7(1-5(10)2-11-8)17(15,16)12-3-6(14)4-13/h1-2,6,12-14H,3-4,9H2. The summed E-state index contributed by atoms with van der Waals surface area (Å²) in [6, 6.07) is 1.44. The molecule has 0 saturated heterocycles. The first-order valence-electron chi connectivity index (χ1n) is 4.56. The predicted octanol–water partition coefficient (Wildman–Crippen LogP) is -2.27. The zero-order valence-electron chi connectivity index (χ0n) is 8.67. The Morgan fingerprint density at radius 3 is 2.82 bits per heavy atom. The molecule has 3 N–H and O–H groups in total. The molecular formula is C8H12AsBrN2O4S. The van der Waals surface area contributed by atoms with Crippen LogP contribution in [0.2, 0.25) is 0 Å². The van der Waals surface area contributed by atoms with Crippen molar-refractivity contribution >= 4 is 47.3 Å². The summed E-state index contributed by atoms with van der Waals surface area (Å²) in [6.07, 6.45) is 0.397. The first-order chi connectivity index (χ1) is 7.86. The molecule has 0 saturated carbocycles. The van der Waals surface area contributed by atoms with E-state index < -0.39 is 22.7 Å². The summed E-state index contributed by atoms with van der Waals surface area (Å²) < 4.78 is 26.9. The van der Waals surface area contributed by atoms with E-state index in [0.717, 1.165) is 16.9 Å². The van der Waals surface area contributed by atoms with Crippen LogP contribution in [0.25, 0.3) is 0 Å². The van der Waals surface area contributed by atoms with E-state index >= 15 is 0 Å². The zero-order valence-corrected chi connectivity index (χ0v) is 13.5. The Balaban J connectivity index is 2.93. The van der Waals surface area contributed by atoms with Crippen molar-refractivity contribution in [2.45, 2.75) is 11.0 Å². The molecule has 9 heteroatoms. The summed E-state index contributed by atoms with van der Waals surface area (Å²) in [4.78, 5) is 4.01. The van der Waals surface area contributed by atoms with Gasteiger partial charge < -0.3 is 0 Å². The van der Waals surface area contributed by atoms with E-state index in [1.165, 1.54) is 12.3 Å². The number of rotatable bonds is 5. The van der Waals surface area contributed by atoms with E-state index in [0.29, 0.717) is 8.95 Å². The molecule has 0 aromatic carbocycles. The average molecular weight is 387 g/mol. The molecule has 0 aliphatic heterocycles. The SMILES string of the molecule is O=S(=O)(NCC(O)CO)c1cc(Br)cnc1[AsH2]. The normalized spacial score (nSPS) is 13.6. The van der Waals surface area contributed by atoms with Gasteiger partial charge in [-0.05, 0) is 0 Å². The molecule has 6 nitrogen and oxygen atoms in total. The maximum absolute atomic E-state index is 11.9. The third-order valence-electron chi connectivity index (χ3n) is 1.86. The van der Waals surface area contributed by atoms with Crippen LogP contribution in [0.3, 0.4) is 0 Å². The summed E-state index contributed by atoms with van der Waals surface area (Å²) >= 11 is 4.23. The van der Waals surface area contributed by atoms with E-state index in [1.807, 2.05) is 0 Å². The number of aliphatic hydroxyl groups excluding tert-OH is 2. The van der Waals surface area contributed by atoms with Crippen LogP contribution in [0.5, 0.6) is 0 Å². The average Bonchev–Trinajstić information content (AvgIpc) is 2.29. The van der Waals surface area contributed by atoms with Crippen molar-refractivity contribution in [3.05, 3.63) is 16.7 Å². The van der Waals surface area contributed by atoms with Crippen molar-refractivity contribution in [1.29, 1.82) is 0 Å². The molecular weight excluding hydrogens is 375 g/mol. The molecule has 0 fully saturated rings. The second-order valence-electron chi connectivity index (χ2n) is 3.23. The van der Waals surface area contributed by atoms with Gasteiger partial charge in [0.25, 0.3) is 0 Å². The quantitative estimate of drug-likeness (QED) is 0.496. The van der Waals surface area contributed by atoms with E-state index in [2.05, 4.69) is 25.6 Å². The number of sulfonamides is 1. The van der Waals surface area contributed by atoms with Crippen LogP contribution < -0.4 is 9.20 Å². The number of halogens is 1. The van der Waals surface area contributed by atoms with Crippen LogP contribution in [0.1, 0.15) is 0 Å². The molecule has 2 unspecified atom stereocenters. The Morgan fingerprint density at radius 2 is 2.24 bits per heavy atom. The molecule has 0 spiro atoms. The van der Waals surface area contributed by atoms with Gasteiger partial charge in [-0.2, -0.15) is 0 Å². The molecule has 0 aliphatic rings. The molecule has 0 aliphatic carbocycles. The molecule has 0 radical (unpaired) electrons. The van der Waals surface area contributed by atoms with Gasteiger partial charge in [0.1, 0.15) is 0 Å². The maximum atomic E-state index is 11.9. The van der Waals surface area contributed by atoms with Gasteiger partial charge in [-0.1, -0.05) is 0 Å². The fraction of sp³-hybridized carbons (Fsp3) is 0.375. The van der Waals surface area contributed by atoms with Gasteiger partial charge in [0.05, 0.1) is 0 Å². The molecule has 1 heterocycles. The Kier molecular flexibility index (Phi) is 5.55. The monoisotopic (exact) mass is 386 g/mol. The second kappa shape index (κ2) is 6.26. The van der Waals surface area contributed by atoms with Gasteiger partial charge in [-0.15, -0.1) is 0 Å². The molecule has 1 aromatic heterocycles. The van der Waals surface area contributed by atoms with Crippen LogP contribution in [0.15, 0.2) is 21.6 Å². The fourth-order valence-electron chi connectivity index (χ4n) is 0.995. The van der Waals surface area contributed by atoms with Crippen molar-refractivity contribution in [2.24, 2.45) is 0 Å². The number of aromatic nitrogens is 1. The van der Waals surface area contributed by atoms with Gasteiger partial charge in [-0.25, -0.2) is 0 Å². The molecule has 1 rings (SSSR count). The Morgan fingerprint density at radius 1 is 1.59 bits per heavy atom. The third kappa shape index (κ3) is 4.31. The number of hydrogen-bond donors (Lipinski definition) is 3. The third-order valence-corrected chi connectivity index (χ3v) is 5.15. The molecule has 17 heavy (non-hydrogen) atoms. The van der Waals surface area contributed by atoms with Crippen molar-refractivity contribution in [3.63, 3.8) is 0 Å². The summed E-state index contributed by atoms with van der Waals surface area (Å²) in [5, 5.41) is 17.7. The van der Waals surface area contributed by atoms with Gasteiger partial charge in [0.15, 0.2) is 0 Å². The minimum absolute atomic E-state index is 0.0667. The van der Waals surface area contributed by atoms with Crippen LogP contribution in [0, 0.1) is 0 Å². The van der Waals surface area contributed by atoms with E-state index in [4.69, 9.17) is 10.2 Å². The summed E-state index contributed by atoms with van der Waals surface area (Å²) in [5.74, 6) is 0. The van der Waals surface area contributed by atoms with Crippen molar-refractivity contribution < 1.29 is 18.6 Å². The molecule has 2 atom stereocenters. The van der Waals surface area contributed by atoms with Gasteiger partial charge in [0.2, 0.25) is 0 Å². The van der Waals surface area contributed by atoms with Crippen molar-refractivity contribution in [3.8, 4) is 0 Å². The van der Waals surface area contributed by atoms with Gasteiger partial charge in [-0.3, -0.25) is 0 Å². The molecule has 0 amide bonds. The van der Waals surface area contributed by atoms with Crippen LogP contribution in [-0.4, -0.2) is 59.7 Å². The molecule has 96 valence electrons. The number of nitrogens with zero attached hydrogens (tertiary/aromatic N) is 1. The van der Waals surface area contributed by atoms with Crippen LogP contribution >= 0.6 is 15.9 Å². The minimum atomic E-state index is -3.72. The molecule has 0 bridgehead atoms. The zero-order chi connectivity index (χ0) is 13.1. The van der Waals surface area contributed by atoms with Crippen molar-refractivity contribution in [2.75, 3.05) is 13.2 Å². The first kappa shape index (κ1) is 15.1. The van der Waals surface area contributed by atoms with E-state index in [9.17, 15) is 8.42 Å². The van der Waals surface area contributed by atoms with Crippen LogP contribution in [0.4, 0.5) is 0 Å².